The summed E-state index contributed by atoms with van der Waals surface area (Å²) in [5, 5.41) is 8.08. The highest BCUT2D eigenvalue weighted by atomic mass is 16.6. The Morgan fingerprint density at radius 3 is 1.92 bits per heavy atom. The van der Waals surface area contributed by atoms with Gasteiger partial charge in [-0.25, -0.2) is 0 Å². The van der Waals surface area contributed by atoms with E-state index in [2.05, 4.69) is 9.47 Å². The average Bonchev–Trinajstić information content (AvgIpc) is 2.80. The van der Waals surface area contributed by atoms with E-state index in [1.807, 2.05) is 0 Å². The first-order valence-corrected chi connectivity index (χ1v) is 3.68. The van der Waals surface area contributed by atoms with Crippen molar-refractivity contribution >= 4 is 11.9 Å². The lowest BCUT2D eigenvalue weighted by Gasteiger charge is -1.79. The van der Waals surface area contributed by atoms with Gasteiger partial charge in [-0.2, -0.15) is 0 Å². The van der Waals surface area contributed by atoms with E-state index in [0.717, 1.165) is 6.61 Å². The Labute approximate surface area is 69.3 Å². The van der Waals surface area contributed by atoms with E-state index in [1.165, 1.54) is 0 Å². The largest absolute Gasteiger partial charge is 0.394 e. The van der Waals surface area contributed by atoms with Crippen LogP contribution in [-0.2, 0) is 19.1 Å². The van der Waals surface area contributed by atoms with Crippen molar-refractivity contribution < 1.29 is 24.2 Å². The van der Waals surface area contributed by atoms with Crippen molar-refractivity contribution in [2.75, 3.05) is 13.2 Å². The topological polar surface area (TPSA) is 76.1 Å². The van der Waals surface area contributed by atoms with Gasteiger partial charge in [0.25, 0.3) is 0 Å². The van der Waals surface area contributed by atoms with Crippen molar-refractivity contribution in [1.29, 1.82) is 0 Å². The molecule has 5 heteroatoms. The van der Waals surface area contributed by atoms with Crippen molar-refractivity contribution in [3.8, 4) is 0 Å². The molecule has 2 aliphatic heterocycles. The molecule has 0 aromatic heterocycles. The van der Waals surface area contributed by atoms with Gasteiger partial charge in [-0.3, -0.25) is 9.59 Å². The van der Waals surface area contributed by atoms with E-state index in [9.17, 15) is 9.59 Å². The molecule has 2 saturated heterocycles. The van der Waals surface area contributed by atoms with E-state index in [-0.39, 0.29) is 25.6 Å². The summed E-state index contributed by atoms with van der Waals surface area (Å²) in [5.41, 5.74) is 0. The Balaban J connectivity index is 0.000000127. The highest BCUT2D eigenvalue weighted by molar-refractivity contribution is 5.92. The molecule has 2 rings (SSSR count). The molecule has 0 aromatic carbocycles. The van der Waals surface area contributed by atoms with E-state index in [1.54, 1.807) is 0 Å². The molecule has 1 N–H and O–H groups in total. The fraction of sp³-hybridized carbons (Fsp3) is 0.714. The fourth-order valence-corrected chi connectivity index (χ4v) is 0.607. The van der Waals surface area contributed by atoms with Gasteiger partial charge in [-0.05, 0) is 0 Å². The maximum absolute atomic E-state index is 10.0. The zero-order valence-corrected chi connectivity index (χ0v) is 6.49. The predicted octanol–water partition coefficient (Wildman–Crippen LogP) is -0.773. The summed E-state index contributed by atoms with van der Waals surface area (Å²) in [4.78, 5) is 20.0. The van der Waals surface area contributed by atoms with Crippen molar-refractivity contribution in [3.05, 3.63) is 0 Å². The first kappa shape index (κ1) is 9.15. The van der Waals surface area contributed by atoms with Gasteiger partial charge in [-0.15, -0.1) is 0 Å². The molecule has 5 nitrogen and oxygen atoms in total. The maximum atomic E-state index is 10.0. The molecule has 0 aliphatic carbocycles. The molecular formula is C7H10O5. The predicted molar refractivity (Wildman–Crippen MR) is 37.2 cm³/mol. The summed E-state index contributed by atoms with van der Waals surface area (Å²) < 4.78 is 8.69. The summed E-state index contributed by atoms with van der Waals surface area (Å²) in [5.74, 6) is -0.796. The minimum Gasteiger partial charge on any atom is -0.394 e. The molecule has 0 spiro atoms. The second-order valence-corrected chi connectivity index (χ2v) is 2.48. The highest BCUT2D eigenvalue weighted by Crippen LogP contribution is 2.05. The summed E-state index contributed by atoms with van der Waals surface area (Å²) in [6.07, 6.45) is 0.715. The van der Waals surface area contributed by atoms with Gasteiger partial charge in [0.15, 0.2) is 0 Å². The van der Waals surface area contributed by atoms with Gasteiger partial charge in [0.2, 0.25) is 0 Å². The van der Waals surface area contributed by atoms with Crippen LogP contribution < -0.4 is 0 Å². The number of hydrogen-bond acceptors (Lipinski definition) is 5. The minimum absolute atomic E-state index is 0.190. The van der Waals surface area contributed by atoms with E-state index < -0.39 is 11.9 Å². The first-order chi connectivity index (χ1) is 5.72. The Bertz CT molecular complexity index is 170. The molecular weight excluding hydrogens is 164 g/mol. The quantitative estimate of drug-likeness (QED) is 0.321. The molecule has 12 heavy (non-hydrogen) atoms. The van der Waals surface area contributed by atoms with E-state index in [0.29, 0.717) is 0 Å². The van der Waals surface area contributed by atoms with Crippen molar-refractivity contribution in [2.24, 2.45) is 0 Å². The molecule has 0 aromatic rings. The molecule has 68 valence electrons. The van der Waals surface area contributed by atoms with Crippen LogP contribution in [0.1, 0.15) is 12.8 Å². The number of aliphatic hydroxyl groups is 1. The first-order valence-electron chi connectivity index (χ1n) is 3.68. The molecule has 0 bridgehead atoms. The van der Waals surface area contributed by atoms with Crippen LogP contribution in [-0.4, -0.2) is 36.4 Å². The van der Waals surface area contributed by atoms with E-state index >= 15 is 0 Å². The summed E-state index contributed by atoms with van der Waals surface area (Å²) in [7, 11) is 0. The maximum Gasteiger partial charge on any atom is 0.314 e. The standard InChI is InChI=1S/C4H4O3.C3H6O2/c5-3-1-2-4(6)7-3;4-1-3-2-5-3/h1-2H2;3-4H,1-2H2. The van der Waals surface area contributed by atoms with Crippen LogP contribution in [0.5, 0.6) is 0 Å². The molecule has 2 heterocycles. The van der Waals surface area contributed by atoms with Crippen LogP contribution in [0.25, 0.3) is 0 Å². The van der Waals surface area contributed by atoms with Gasteiger partial charge >= 0.3 is 11.9 Å². The van der Waals surface area contributed by atoms with Crippen LogP contribution in [0.2, 0.25) is 0 Å². The van der Waals surface area contributed by atoms with Gasteiger partial charge in [0.05, 0.1) is 26.1 Å². The van der Waals surface area contributed by atoms with Crippen LogP contribution >= 0.6 is 0 Å². The summed E-state index contributed by atoms with van der Waals surface area (Å²) in [6.45, 7) is 0.955. The van der Waals surface area contributed by atoms with Gasteiger partial charge < -0.3 is 14.6 Å². The van der Waals surface area contributed by atoms with Crippen LogP contribution in [0, 0.1) is 0 Å². The number of cyclic esters (lactones) is 2. The molecule has 1 atom stereocenters. The number of hydrogen-bond donors (Lipinski definition) is 1. The number of rotatable bonds is 1. The Kier molecular flexibility index (Phi) is 3.19. The highest BCUT2D eigenvalue weighted by Gasteiger charge is 2.20. The summed E-state index contributed by atoms with van der Waals surface area (Å²) in [6, 6.07) is 0. The lowest BCUT2D eigenvalue weighted by molar-refractivity contribution is -0.151. The minimum atomic E-state index is -0.398. The second kappa shape index (κ2) is 4.18. The zero-order chi connectivity index (χ0) is 8.97. The molecule has 2 aliphatic rings. The van der Waals surface area contributed by atoms with Crippen molar-refractivity contribution in [2.45, 2.75) is 18.9 Å². The lowest BCUT2D eigenvalue weighted by atomic mass is 10.4. The Morgan fingerprint density at radius 1 is 1.33 bits per heavy atom. The molecule has 1 unspecified atom stereocenters. The van der Waals surface area contributed by atoms with Crippen molar-refractivity contribution in [3.63, 3.8) is 0 Å². The molecule has 0 amide bonds. The second-order valence-electron chi connectivity index (χ2n) is 2.48. The third-order valence-electron chi connectivity index (χ3n) is 1.37. The number of carbonyl (C=O) groups is 2. The normalized spacial score (nSPS) is 25.9. The van der Waals surface area contributed by atoms with E-state index in [4.69, 9.17) is 5.11 Å². The lowest BCUT2D eigenvalue weighted by Crippen LogP contribution is -1.94. The molecule has 2 fully saturated rings. The van der Waals surface area contributed by atoms with Gasteiger partial charge in [0, 0.05) is 0 Å². The SMILES string of the molecule is O=C1CCC(=O)O1.OCC1CO1. The summed E-state index contributed by atoms with van der Waals surface area (Å²) >= 11 is 0. The number of aliphatic hydroxyl groups excluding tert-OH is 1. The van der Waals surface area contributed by atoms with Gasteiger partial charge in [-0.1, -0.05) is 0 Å². The number of ether oxygens (including phenoxy) is 2. The third kappa shape index (κ3) is 3.45. The fourth-order valence-electron chi connectivity index (χ4n) is 0.607. The van der Waals surface area contributed by atoms with Crippen molar-refractivity contribution in [1.82, 2.24) is 0 Å². The van der Waals surface area contributed by atoms with Crippen LogP contribution in [0.15, 0.2) is 0 Å². The van der Waals surface area contributed by atoms with Crippen LogP contribution in [0.3, 0.4) is 0 Å². The zero-order valence-electron chi connectivity index (χ0n) is 6.49. The Morgan fingerprint density at radius 2 is 1.83 bits per heavy atom. The third-order valence-corrected chi connectivity index (χ3v) is 1.37. The van der Waals surface area contributed by atoms with Crippen LogP contribution in [0.4, 0.5) is 0 Å². The average molecular weight is 174 g/mol. The number of esters is 2. The molecule has 0 saturated carbocycles. The smallest absolute Gasteiger partial charge is 0.314 e. The Hall–Kier alpha value is -0.940. The number of epoxide rings is 1. The number of carbonyl (C=O) groups excluding carboxylic acids is 2. The monoisotopic (exact) mass is 174 g/mol. The van der Waals surface area contributed by atoms with Gasteiger partial charge in [0.1, 0.15) is 6.10 Å². The molecule has 0 radical (unpaired) electrons.